The molecule has 122 valence electrons. The van der Waals surface area contributed by atoms with Crippen LogP contribution in [0.15, 0.2) is 36.4 Å². The number of hydrogen-bond donors (Lipinski definition) is 0. The molecular weight excluding hydrogens is 308 g/mol. The minimum atomic E-state index is 0. The van der Waals surface area contributed by atoms with Gasteiger partial charge in [0.1, 0.15) is 0 Å². The van der Waals surface area contributed by atoms with Gasteiger partial charge >= 0.3 is 0 Å². The van der Waals surface area contributed by atoms with Crippen LogP contribution in [-0.2, 0) is 0 Å². The van der Waals surface area contributed by atoms with Crippen molar-refractivity contribution < 1.29 is 0 Å². The molecule has 0 radical (unpaired) electrons. The first-order valence-electron chi connectivity index (χ1n) is 8.03. The van der Waals surface area contributed by atoms with Gasteiger partial charge in [0.25, 0.3) is 0 Å². The number of nitrogens with zero attached hydrogens (tertiary/aromatic N) is 4. The Bertz CT molecular complexity index is 642. The number of benzene rings is 1. The van der Waals surface area contributed by atoms with E-state index in [1.165, 1.54) is 18.7 Å². The van der Waals surface area contributed by atoms with Gasteiger partial charge < -0.3 is 9.80 Å². The molecule has 0 saturated carbocycles. The molecule has 0 aliphatic carbocycles. The van der Waals surface area contributed by atoms with Crippen LogP contribution < -0.4 is 4.90 Å². The number of fused-ring (bicyclic) bond motifs is 1. The molecule has 2 aromatic rings. The second-order valence-corrected chi connectivity index (χ2v) is 6.79. The molecule has 2 fully saturated rings. The third-order valence-corrected chi connectivity index (χ3v) is 4.99. The Morgan fingerprint density at radius 2 is 1.52 bits per heavy atom. The predicted molar refractivity (Wildman–Crippen MR) is 96.1 cm³/mol. The van der Waals surface area contributed by atoms with E-state index in [9.17, 15) is 0 Å². The van der Waals surface area contributed by atoms with Crippen molar-refractivity contribution in [2.45, 2.75) is 6.92 Å². The molecule has 0 bridgehead atoms. The van der Waals surface area contributed by atoms with Gasteiger partial charge in [-0.05, 0) is 37.9 Å². The van der Waals surface area contributed by atoms with E-state index in [1.54, 1.807) is 0 Å². The number of anilines is 1. The van der Waals surface area contributed by atoms with Crippen LogP contribution in [-0.4, -0.2) is 48.3 Å². The lowest BCUT2D eigenvalue weighted by Crippen LogP contribution is -2.27. The Labute approximate surface area is 143 Å². The molecule has 0 N–H and O–H groups in total. The van der Waals surface area contributed by atoms with Crippen molar-refractivity contribution in [3.8, 4) is 11.3 Å². The highest BCUT2D eigenvalue weighted by atomic mass is 35.5. The summed E-state index contributed by atoms with van der Waals surface area (Å²) in [6.45, 7) is 6.77. The van der Waals surface area contributed by atoms with Crippen LogP contribution in [0.2, 0.25) is 0 Å². The van der Waals surface area contributed by atoms with Crippen LogP contribution in [0.3, 0.4) is 0 Å². The van der Waals surface area contributed by atoms with E-state index < -0.39 is 0 Å². The Hall–Kier alpha value is -1.65. The van der Waals surface area contributed by atoms with Crippen molar-refractivity contribution >= 4 is 18.2 Å². The zero-order chi connectivity index (χ0) is 15.1. The normalized spacial score (nSPS) is 23.7. The van der Waals surface area contributed by atoms with Gasteiger partial charge in [-0.2, -0.15) is 0 Å². The molecule has 5 heteroatoms. The van der Waals surface area contributed by atoms with Crippen molar-refractivity contribution in [2.75, 3.05) is 38.1 Å². The maximum absolute atomic E-state index is 4.47. The topological polar surface area (TPSA) is 32.3 Å². The van der Waals surface area contributed by atoms with E-state index in [2.05, 4.69) is 70.4 Å². The number of likely N-dealkylation sites (tertiary alicyclic amines) is 1. The molecule has 4 rings (SSSR count). The summed E-state index contributed by atoms with van der Waals surface area (Å²) in [5.74, 6) is 2.61. The van der Waals surface area contributed by atoms with Crippen molar-refractivity contribution in [1.82, 2.24) is 15.1 Å². The van der Waals surface area contributed by atoms with Crippen molar-refractivity contribution in [3.63, 3.8) is 0 Å². The van der Waals surface area contributed by atoms with Gasteiger partial charge in [0, 0.05) is 31.7 Å². The maximum Gasteiger partial charge on any atom is 0.151 e. The van der Waals surface area contributed by atoms with E-state index in [-0.39, 0.29) is 12.4 Å². The number of hydrogen-bond acceptors (Lipinski definition) is 4. The van der Waals surface area contributed by atoms with Crippen LogP contribution in [0.4, 0.5) is 5.82 Å². The molecule has 2 unspecified atom stereocenters. The van der Waals surface area contributed by atoms with Gasteiger partial charge in [-0.1, -0.05) is 29.8 Å². The molecule has 4 nitrogen and oxygen atoms in total. The summed E-state index contributed by atoms with van der Waals surface area (Å²) in [5, 5.41) is 8.90. The van der Waals surface area contributed by atoms with Crippen molar-refractivity contribution in [1.29, 1.82) is 0 Å². The quantitative estimate of drug-likeness (QED) is 0.847. The average Bonchev–Trinajstić information content (AvgIpc) is 3.05. The lowest BCUT2D eigenvalue weighted by molar-refractivity contribution is 0.387. The van der Waals surface area contributed by atoms with Crippen LogP contribution >= 0.6 is 12.4 Å². The first-order valence-corrected chi connectivity index (χ1v) is 8.03. The zero-order valence-corrected chi connectivity index (χ0v) is 14.5. The van der Waals surface area contributed by atoms with E-state index in [0.29, 0.717) is 0 Å². The van der Waals surface area contributed by atoms with Gasteiger partial charge in [-0.3, -0.25) is 0 Å². The second-order valence-electron chi connectivity index (χ2n) is 6.79. The molecule has 1 aromatic heterocycles. The Kier molecular flexibility index (Phi) is 4.55. The van der Waals surface area contributed by atoms with E-state index in [1.807, 2.05) is 0 Å². The van der Waals surface area contributed by atoms with Crippen LogP contribution in [0.5, 0.6) is 0 Å². The Morgan fingerprint density at radius 3 is 2.09 bits per heavy atom. The highest BCUT2D eigenvalue weighted by Gasteiger charge is 2.39. The number of rotatable bonds is 2. The highest BCUT2D eigenvalue weighted by molar-refractivity contribution is 5.85. The molecule has 23 heavy (non-hydrogen) atoms. The fourth-order valence-electron chi connectivity index (χ4n) is 3.79. The van der Waals surface area contributed by atoms with Crippen LogP contribution in [0, 0.1) is 18.8 Å². The standard InChI is InChI=1S/C18H22N4.ClH/c1-13-3-5-14(6-4-13)17-7-8-18(20-19-17)22-11-15-9-21(2)10-16(15)12-22;/h3-8,15-16H,9-12H2,1-2H3;1H. The molecule has 1 aromatic carbocycles. The van der Waals surface area contributed by atoms with Gasteiger partial charge in [-0.25, -0.2) is 0 Å². The summed E-state index contributed by atoms with van der Waals surface area (Å²) in [6.07, 6.45) is 0. The highest BCUT2D eigenvalue weighted by Crippen LogP contribution is 2.32. The fraction of sp³-hybridized carbons (Fsp3) is 0.444. The lowest BCUT2D eigenvalue weighted by atomic mass is 10.0. The smallest absolute Gasteiger partial charge is 0.151 e. The summed E-state index contributed by atoms with van der Waals surface area (Å²) < 4.78 is 0. The van der Waals surface area contributed by atoms with Gasteiger partial charge in [0.15, 0.2) is 5.82 Å². The SMILES string of the molecule is Cc1ccc(-c2ccc(N3CC4CN(C)CC4C3)nn2)cc1.Cl. The molecule has 2 aliphatic heterocycles. The molecule has 3 heterocycles. The maximum atomic E-state index is 4.47. The monoisotopic (exact) mass is 330 g/mol. The fourth-order valence-corrected chi connectivity index (χ4v) is 3.79. The van der Waals surface area contributed by atoms with Gasteiger partial charge in [0.05, 0.1) is 5.69 Å². The predicted octanol–water partition coefficient (Wildman–Crippen LogP) is 2.87. The summed E-state index contributed by atoms with van der Waals surface area (Å²) in [4.78, 5) is 4.84. The third-order valence-electron chi connectivity index (χ3n) is 4.99. The van der Waals surface area contributed by atoms with E-state index >= 15 is 0 Å². The second kappa shape index (κ2) is 6.46. The summed E-state index contributed by atoms with van der Waals surface area (Å²) in [6, 6.07) is 12.6. The van der Waals surface area contributed by atoms with E-state index in [0.717, 1.165) is 42.0 Å². The number of aromatic nitrogens is 2. The molecule has 2 saturated heterocycles. The van der Waals surface area contributed by atoms with Crippen molar-refractivity contribution in [3.05, 3.63) is 42.0 Å². The molecule has 2 atom stereocenters. The first kappa shape index (κ1) is 16.2. The molecule has 2 aliphatic rings. The number of halogens is 1. The Morgan fingerprint density at radius 1 is 0.870 bits per heavy atom. The minimum Gasteiger partial charge on any atom is -0.354 e. The summed E-state index contributed by atoms with van der Waals surface area (Å²) in [5.41, 5.74) is 3.34. The van der Waals surface area contributed by atoms with E-state index in [4.69, 9.17) is 0 Å². The van der Waals surface area contributed by atoms with Gasteiger partial charge in [0.2, 0.25) is 0 Å². The minimum absolute atomic E-state index is 0. The average molecular weight is 331 g/mol. The Balaban J connectivity index is 0.00000156. The summed E-state index contributed by atoms with van der Waals surface area (Å²) >= 11 is 0. The van der Waals surface area contributed by atoms with Crippen molar-refractivity contribution in [2.24, 2.45) is 11.8 Å². The molecular formula is C18H23ClN4. The lowest BCUT2D eigenvalue weighted by Gasteiger charge is -2.19. The first-order chi connectivity index (χ1) is 10.7. The summed E-state index contributed by atoms with van der Waals surface area (Å²) in [7, 11) is 2.22. The number of aryl methyl sites for hydroxylation is 1. The zero-order valence-electron chi connectivity index (χ0n) is 13.6. The van der Waals surface area contributed by atoms with Gasteiger partial charge in [-0.15, -0.1) is 22.6 Å². The largest absolute Gasteiger partial charge is 0.354 e. The van der Waals surface area contributed by atoms with Crippen LogP contribution in [0.25, 0.3) is 11.3 Å². The van der Waals surface area contributed by atoms with Crippen LogP contribution in [0.1, 0.15) is 5.56 Å². The molecule has 0 amide bonds. The molecule has 0 spiro atoms. The third kappa shape index (κ3) is 3.19.